The highest BCUT2D eigenvalue weighted by atomic mass is 16.6. The molecule has 1 unspecified atom stereocenters. The largest absolute Gasteiger partial charge is 0.444 e. The molecule has 0 radical (unpaired) electrons. The summed E-state index contributed by atoms with van der Waals surface area (Å²) in [6.45, 7) is 8.46. The van der Waals surface area contributed by atoms with Gasteiger partial charge in [-0.1, -0.05) is 0 Å². The van der Waals surface area contributed by atoms with E-state index >= 15 is 0 Å². The predicted molar refractivity (Wildman–Crippen MR) is 113 cm³/mol. The van der Waals surface area contributed by atoms with Gasteiger partial charge in [0.1, 0.15) is 5.60 Å². The van der Waals surface area contributed by atoms with Crippen molar-refractivity contribution in [1.29, 1.82) is 0 Å². The van der Waals surface area contributed by atoms with Gasteiger partial charge in [0.25, 0.3) is 5.91 Å². The lowest BCUT2D eigenvalue weighted by Gasteiger charge is -2.47. The molecule has 2 saturated heterocycles. The molecule has 4 rings (SSSR count). The summed E-state index contributed by atoms with van der Waals surface area (Å²) >= 11 is 0. The molecule has 2 fully saturated rings. The van der Waals surface area contributed by atoms with Crippen molar-refractivity contribution >= 4 is 23.0 Å². The van der Waals surface area contributed by atoms with Crippen molar-refractivity contribution in [2.45, 2.75) is 51.3 Å². The van der Waals surface area contributed by atoms with Crippen LogP contribution >= 0.6 is 0 Å². The molecule has 2 aliphatic rings. The quantitative estimate of drug-likeness (QED) is 0.706. The van der Waals surface area contributed by atoms with Gasteiger partial charge in [-0.25, -0.2) is 9.59 Å². The van der Waals surface area contributed by atoms with Gasteiger partial charge in [-0.2, -0.15) is 0 Å². The van der Waals surface area contributed by atoms with Crippen LogP contribution in [0.15, 0.2) is 23.0 Å². The van der Waals surface area contributed by atoms with Gasteiger partial charge in [0, 0.05) is 37.8 Å². The molecule has 162 valence electrons. The molecule has 2 aromatic rings. The van der Waals surface area contributed by atoms with E-state index in [9.17, 15) is 14.4 Å². The molecule has 9 nitrogen and oxygen atoms in total. The minimum atomic E-state index is -0.506. The van der Waals surface area contributed by atoms with Crippen molar-refractivity contribution < 1.29 is 14.3 Å². The van der Waals surface area contributed by atoms with Gasteiger partial charge in [-0.15, -0.1) is 0 Å². The molecule has 3 N–H and O–H groups in total. The van der Waals surface area contributed by atoms with Crippen LogP contribution < -0.4 is 11.0 Å². The number of amides is 2. The van der Waals surface area contributed by atoms with Gasteiger partial charge in [-0.3, -0.25) is 9.69 Å². The third-order valence-corrected chi connectivity index (χ3v) is 5.59. The predicted octanol–water partition coefficient (Wildman–Crippen LogP) is 1.67. The van der Waals surface area contributed by atoms with Crippen molar-refractivity contribution in [3.8, 4) is 0 Å². The van der Waals surface area contributed by atoms with Crippen LogP contribution in [-0.4, -0.2) is 75.6 Å². The summed E-state index contributed by atoms with van der Waals surface area (Å²) < 4.78 is 5.31. The number of alkyl carbamates (subject to hydrolysis) is 1. The van der Waals surface area contributed by atoms with Crippen LogP contribution in [0, 0.1) is 0 Å². The first-order chi connectivity index (χ1) is 14.2. The van der Waals surface area contributed by atoms with Crippen molar-refractivity contribution in [2.24, 2.45) is 0 Å². The van der Waals surface area contributed by atoms with Gasteiger partial charge in [0.2, 0.25) is 0 Å². The first kappa shape index (κ1) is 20.5. The Morgan fingerprint density at radius 3 is 2.60 bits per heavy atom. The van der Waals surface area contributed by atoms with Crippen LogP contribution in [0.25, 0.3) is 11.0 Å². The van der Waals surface area contributed by atoms with E-state index in [0.717, 1.165) is 32.5 Å². The third-order valence-electron chi connectivity index (χ3n) is 5.59. The molecular weight excluding hydrogens is 386 g/mol. The minimum Gasteiger partial charge on any atom is -0.444 e. The average molecular weight is 415 g/mol. The summed E-state index contributed by atoms with van der Waals surface area (Å²) in [6.07, 6.45) is 1.60. The smallest absolute Gasteiger partial charge is 0.407 e. The molecular formula is C21H29N5O4. The average Bonchev–Trinajstić information content (AvgIpc) is 3.01. The maximum absolute atomic E-state index is 13.0. The van der Waals surface area contributed by atoms with Crippen LogP contribution in [0.5, 0.6) is 0 Å². The molecule has 0 spiro atoms. The molecule has 0 aliphatic carbocycles. The summed E-state index contributed by atoms with van der Waals surface area (Å²) in [5.74, 6) is -0.0207. The number of likely N-dealkylation sites (tertiary alicyclic amines) is 2. The normalized spacial score (nSPS) is 20.8. The second kappa shape index (κ2) is 7.79. The lowest BCUT2D eigenvalue weighted by atomic mass is 9.97. The number of nitrogens with one attached hydrogen (secondary N) is 3. The van der Waals surface area contributed by atoms with Crippen molar-refractivity contribution in [2.75, 3.05) is 26.2 Å². The summed E-state index contributed by atoms with van der Waals surface area (Å²) in [5, 5.41) is 2.91. The van der Waals surface area contributed by atoms with E-state index in [2.05, 4.69) is 20.2 Å². The van der Waals surface area contributed by atoms with Gasteiger partial charge < -0.3 is 24.9 Å². The Labute approximate surface area is 174 Å². The molecule has 2 aliphatic heterocycles. The van der Waals surface area contributed by atoms with Crippen LogP contribution in [0.1, 0.15) is 44.0 Å². The first-order valence-electron chi connectivity index (χ1n) is 10.4. The lowest BCUT2D eigenvalue weighted by Crippen LogP contribution is -2.65. The van der Waals surface area contributed by atoms with Crippen molar-refractivity contribution in [3.63, 3.8) is 0 Å². The molecule has 1 aromatic heterocycles. The number of carbonyl (C=O) groups is 2. The third kappa shape index (κ3) is 4.51. The van der Waals surface area contributed by atoms with Crippen LogP contribution in [0.3, 0.4) is 0 Å². The number of imidazole rings is 1. The monoisotopic (exact) mass is 415 g/mol. The molecule has 0 saturated carbocycles. The number of aromatic nitrogens is 2. The van der Waals surface area contributed by atoms with Gasteiger partial charge in [0.15, 0.2) is 0 Å². The Hall–Kier alpha value is -2.81. The Kier molecular flexibility index (Phi) is 5.31. The van der Waals surface area contributed by atoms with Gasteiger partial charge >= 0.3 is 11.8 Å². The van der Waals surface area contributed by atoms with E-state index in [0.29, 0.717) is 23.1 Å². The highest BCUT2D eigenvalue weighted by Crippen LogP contribution is 2.23. The van der Waals surface area contributed by atoms with Gasteiger partial charge in [-0.05, 0) is 51.8 Å². The number of ether oxygens (including phenoxy) is 1. The Morgan fingerprint density at radius 1 is 1.13 bits per heavy atom. The van der Waals surface area contributed by atoms with Crippen LogP contribution in [0.2, 0.25) is 0 Å². The SMILES string of the molecule is CC(C)(C)OC(=O)NC1CN(C2CCCN(C(=O)c3ccc4[nH]c(=O)[nH]c4c3)C2)C1. The zero-order valence-electron chi connectivity index (χ0n) is 17.7. The standard InChI is InChI=1S/C21H29N5O4/c1-21(2,3)30-20(29)22-14-10-26(11-14)15-5-4-8-25(12-15)18(27)13-6-7-16-17(9-13)24-19(28)23-16/h6-7,9,14-15H,4-5,8,10-12H2,1-3H3,(H,22,29)(H2,23,24,28). The van der Waals surface area contributed by atoms with E-state index in [4.69, 9.17) is 4.74 Å². The molecule has 2 amide bonds. The summed E-state index contributed by atoms with van der Waals surface area (Å²) in [6, 6.07) is 5.60. The number of hydrogen-bond acceptors (Lipinski definition) is 5. The Balaban J connectivity index is 1.32. The zero-order valence-corrected chi connectivity index (χ0v) is 17.7. The van der Waals surface area contributed by atoms with E-state index < -0.39 is 5.60 Å². The number of H-pyrrole nitrogens is 2. The number of rotatable bonds is 3. The number of nitrogens with zero attached hydrogens (tertiary/aromatic N) is 2. The van der Waals surface area contributed by atoms with Gasteiger partial charge in [0.05, 0.1) is 17.1 Å². The number of fused-ring (bicyclic) bond motifs is 1. The number of piperidine rings is 1. The number of aromatic amines is 2. The number of carbonyl (C=O) groups excluding carboxylic acids is 2. The second-order valence-electron chi connectivity index (χ2n) is 9.18. The summed E-state index contributed by atoms with van der Waals surface area (Å²) in [5.41, 5.74) is 1.12. The molecule has 0 bridgehead atoms. The van der Waals surface area contributed by atoms with E-state index in [1.807, 2.05) is 25.7 Å². The fourth-order valence-electron chi connectivity index (χ4n) is 4.16. The number of benzene rings is 1. The molecule has 1 atom stereocenters. The minimum absolute atomic E-state index is 0.0207. The van der Waals surface area contributed by atoms with E-state index in [1.165, 1.54) is 0 Å². The fraction of sp³-hybridized carbons (Fsp3) is 0.571. The van der Waals surface area contributed by atoms with Crippen molar-refractivity contribution in [3.05, 3.63) is 34.2 Å². The molecule has 1 aromatic carbocycles. The maximum Gasteiger partial charge on any atom is 0.407 e. The fourth-order valence-corrected chi connectivity index (χ4v) is 4.16. The van der Waals surface area contributed by atoms with Crippen LogP contribution in [0.4, 0.5) is 4.79 Å². The Bertz CT molecular complexity index is 999. The van der Waals surface area contributed by atoms with E-state index in [-0.39, 0.29) is 29.8 Å². The summed E-state index contributed by atoms with van der Waals surface area (Å²) in [4.78, 5) is 45.9. The highest BCUT2D eigenvalue weighted by molar-refractivity contribution is 5.97. The molecule has 3 heterocycles. The second-order valence-corrected chi connectivity index (χ2v) is 9.18. The Morgan fingerprint density at radius 2 is 1.87 bits per heavy atom. The lowest BCUT2D eigenvalue weighted by molar-refractivity contribution is 0.0157. The van der Waals surface area contributed by atoms with Crippen molar-refractivity contribution in [1.82, 2.24) is 25.1 Å². The van der Waals surface area contributed by atoms with E-state index in [1.54, 1.807) is 18.2 Å². The molecule has 30 heavy (non-hydrogen) atoms. The molecule has 9 heteroatoms. The first-order valence-corrected chi connectivity index (χ1v) is 10.4. The topological polar surface area (TPSA) is 111 Å². The summed E-state index contributed by atoms with van der Waals surface area (Å²) in [7, 11) is 0. The highest BCUT2D eigenvalue weighted by Gasteiger charge is 2.37. The maximum atomic E-state index is 13.0. The number of hydrogen-bond donors (Lipinski definition) is 3. The van der Waals surface area contributed by atoms with Crippen LogP contribution in [-0.2, 0) is 4.74 Å². The zero-order chi connectivity index (χ0) is 21.5.